The largest absolute Gasteiger partial charge is 0.341 e. The molecule has 0 aromatic heterocycles. The van der Waals surface area contributed by atoms with E-state index in [0.717, 1.165) is 5.56 Å². The molecule has 1 rings (SSSR count). The fraction of sp³-hybridized carbons (Fsp3) is 0.333. The number of rotatable bonds is 4. The van der Waals surface area contributed by atoms with Gasteiger partial charge in [-0.3, -0.25) is 10.1 Å². The van der Waals surface area contributed by atoms with Crippen LogP contribution in [0.2, 0.25) is 10.0 Å². The lowest BCUT2D eigenvalue weighted by atomic mass is 10.1. The number of imide groups is 1. The van der Waals surface area contributed by atoms with Crippen molar-refractivity contribution in [3.8, 4) is 0 Å². The second kappa shape index (κ2) is 7.33. The molecule has 3 N–H and O–H groups in total. The number of urea groups is 1. The molecular weight excluding hydrogens is 289 g/mol. The summed E-state index contributed by atoms with van der Waals surface area (Å²) in [6, 6.07) is 4.59. The standard InChI is InChI=1S/C12H15Cl2N3O2/c1-7(8-4-3-5-9(13)11(8)14)16-6-10(18)17-12(19)15-2/h3-5,7,16H,6H2,1-2H3,(H2,15,17,18,19)/t7-/m1/s1. The molecule has 0 spiro atoms. The Hall–Kier alpha value is -1.30. The average Bonchev–Trinajstić information content (AvgIpc) is 2.39. The van der Waals surface area contributed by atoms with Crippen molar-refractivity contribution < 1.29 is 9.59 Å². The summed E-state index contributed by atoms with van der Waals surface area (Å²) in [6.45, 7) is 1.85. The minimum Gasteiger partial charge on any atom is -0.341 e. The Labute approximate surface area is 121 Å². The van der Waals surface area contributed by atoms with E-state index in [1.807, 2.05) is 13.0 Å². The number of benzene rings is 1. The Balaban J connectivity index is 2.56. The molecule has 0 bridgehead atoms. The van der Waals surface area contributed by atoms with Crippen molar-refractivity contribution in [3.63, 3.8) is 0 Å². The fourth-order valence-electron chi connectivity index (χ4n) is 1.44. The van der Waals surface area contributed by atoms with Crippen molar-refractivity contribution in [2.45, 2.75) is 13.0 Å². The van der Waals surface area contributed by atoms with E-state index in [1.165, 1.54) is 7.05 Å². The molecule has 3 amide bonds. The molecule has 1 atom stereocenters. The number of nitrogens with one attached hydrogen (secondary N) is 3. The fourth-order valence-corrected chi connectivity index (χ4v) is 1.92. The monoisotopic (exact) mass is 303 g/mol. The normalized spacial score (nSPS) is 11.8. The summed E-state index contributed by atoms with van der Waals surface area (Å²) in [5.74, 6) is -0.427. The molecule has 0 aliphatic carbocycles. The van der Waals surface area contributed by atoms with Gasteiger partial charge in [0, 0.05) is 13.1 Å². The van der Waals surface area contributed by atoms with E-state index in [-0.39, 0.29) is 12.6 Å². The Morgan fingerprint density at radius 2 is 2.00 bits per heavy atom. The molecule has 104 valence electrons. The average molecular weight is 304 g/mol. The zero-order valence-corrected chi connectivity index (χ0v) is 12.1. The van der Waals surface area contributed by atoms with Gasteiger partial charge in [-0.05, 0) is 18.6 Å². The molecule has 1 aromatic carbocycles. The van der Waals surface area contributed by atoms with Crippen LogP contribution in [-0.2, 0) is 4.79 Å². The maximum Gasteiger partial charge on any atom is 0.321 e. The molecule has 0 heterocycles. The smallest absolute Gasteiger partial charge is 0.321 e. The lowest BCUT2D eigenvalue weighted by Crippen LogP contribution is -2.42. The summed E-state index contributed by atoms with van der Waals surface area (Å²) in [7, 11) is 1.43. The van der Waals surface area contributed by atoms with E-state index in [9.17, 15) is 9.59 Å². The first-order valence-corrected chi connectivity index (χ1v) is 6.40. The number of hydrogen-bond acceptors (Lipinski definition) is 3. The van der Waals surface area contributed by atoms with Gasteiger partial charge in [0.2, 0.25) is 5.91 Å². The third-order valence-electron chi connectivity index (χ3n) is 2.50. The van der Waals surface area contributed by atoms with Crippen LogP contribution >= 0.6 is 23.2 Å². The van der Waals surface area contributed by atoms with Crippen LogP contribution in [-0.4, -0.2) is 25.5 Å². The molecule has 19 heavy (non-hydrogen) atoms. The SMILES string of the molecule is CNC(=O)NC(=O)CN[C@H](C)c1cccc(Cl)c1Cl. The highest BCUT2D eigenvalue weighted by Gasteiger charge is 2.13. The van der Waals surface area contributed by atoms with E-state index < -0.39 is 11.9 Å². The molecule has 5 nitrogen and oxygen atoms in total. The summed E-state index contributed by atoms with van der Waals surface area (Å²) >= 11 is 12.0. The van der Waals surface area contributed by atoms with Crippen molar-refractivity contribution in [1.82, 2.24) is 16.0 Å². The molecule has 0 unspecified atom stereocenters. The Bertz CT molecular complexity index is 480. The second-order valence-electron chi connectivity index (χ2n) is 3.87. The van der Waals surface area contributed by atoms with Gasteiger partial charge in [-0.25, -0.2) is 4.79 Å². The van der Waals surface area contributed by atoms with Gasteiger partial charge in [-0.1, -0.05) is 35.3 Å². The van der Waals surface area contributed by atoms with Crippen LogP contribution in [0.15, 0.2) is 18.2 Å². The highest BCUT2D eigenvalue weighted by Crippen LogP contribution is 2.29. The molecule has 0 fully saturated rings. The summed E-state index contributed by atoms with van der Waals surface area (Å²) in [6.07, 6.45) is 0. The minimum absolute atomic E-state index is 0.00255. The van der Waals surface area contributed by atoms with Crippen LogP contribution < -0.4 is 16.0 Å². The Morgan fingerprint density at radius 1 is 1.32 bits per heavy atom. The molecule has 7 heteroatoms. The third-order valence-corrected chi connectivity index (χ3v) is 3.33. The highest BCUT2D eigenvalue weighted by atomic mass is 35.5. The summed E-state index contributed by atoms with van der Waals surface area (Å²) in [5, 5.41) is 8.32. The molecule has 1 aromatic rings. The molecule has 0 saturated carbocycles. The molecule has 0 saturated heterocycles. The number of amides is 3. The number of hydrogen-bond donors (Lipinski definition) is 3. The van der Waals surface area contributed by atoms with Gasteiger partial charge in [0.1, 0.15) is 0 Å². The van der Waals surface area contributed by atoms with Gasteiger partial charge in [0.15, 0.2) is 0 Å². The van der Waals surface area contributed by atoms with E-state index in [0.29, 0.717) is 10.0 Å². The van der Waals surface area contributed by atoms with Crippen LogP contribution in [0.3, 0.4) is 0 Å². The Morgan fingerprint density at radius 3 is 2.63 bits per heavy atom. The topological polar surface area (TPSA) is 70.2 Å². The van der Waals surface area contributed by atoms with Gasteiger partial charge in [0.05, 0.1) is 16.6 Å². The zero-order chi connectivity index (χ0) is 14.4. The van der Waals surface area contributed by atoms with Crippen molar-refractivity contribution in [3.05, 3.63) is 33.8 Å². The number of halogens is 2. The molecule has 0 aliphatic heterocycles. The Kier molecular flexibility index (Phi) is 6.08. The van der Waals surface area contributed by atoms with Crippen molar-refractivity contribution >= 4 is 35.1 Å². The zero-order valence-electron chi connectivity index (χ0n) is 10.6. The molecule has 0 radical (unpaired) electrons. The maximum atomic E-state index is 11.4. The quantitative estimate of drug-likeness (QED) is 0.798. The molecule has 0 aliphatic rings. The molecular formula is C12H15Cl2N3O2. The van der Waals surface area contributed by atoms with Gasteiger partial charge in [-0.15, -0.1) is 0 Å². The van der Waals surface area contributed by atoms with E-state index >= 15 is 0 Å². The van der Waals surface area contributed by atoms with Gasteiger partial charge < -0.3 is 10.6 Å². The van der Waals surface area contributed by atoms with E-state index in [1.54, 1.807) is 12.1 Å². The first-order chi connectivity index (χ1) is 8.95. The lowest BCUT2D eigenvalue weighted by molar-refractivity contribution is -0.119. The summed E-state index contributed by atoms with van der Waals surface area (Å²) in [4.78, 5) is 22.3. The van der Waals surface area contributed by atoms with Crippen LogP contribution in [0.1, 0.15) is 18.5 Å². The van der Waals surface area contributed by atoms with Gasteiger partial charge in [-0.2, -0.15) is 0 Å². The summed E-state index contributed by atoms with van der Waals surface area (Å²) in [5.41, 5.74) is 0.793. The number of carbonyl (C=O) groups is 2. The first kappa shape index (κ1) is 15.8. The maximum absolute atomic E-state index is 11.4. The second-order valence-corrected chi connectivity index (χ2v) is 4.66. The number of carbonyl (C=O) groups excluding carboxylic acids is 2. The van der Waals surface area contributed by atoms with Crippen molar-refractivity contribution in [2.75, 3.05) is 13.6 Å². The predicted molar refractivity (Wildman–Crippen MR) is 75.5 cm³/mol. The first-order valence-electron chi connectivity index (χ1n) is 5.64. The third kappa shape index (κ3) is 4.70. The van der Waals surface area contributed by atoms with E-state index in [4.69, 9.17) is 23.2 Å². The van der Waals surface area contributed by atoms with Gasteiger partial charge in [0.25, 0.3) is 0 Å². The van der Waals surface area contributed by atoms with Crippen LogP contribution in [0, 0.1) is 0 Å². The summed E-state index contributed by atoms with van der Waals surface area (Å²) < 4.78 is 0. The van der Waals surface area contributed by atoms with Crippen molar-refractivity contribution in [2.24, 2.45) is 0 Å². The lowest BCUT2D eigenvalue weighted by Gasteiger charge is -2.15. The minimum atomic E-state index is -0.541. The van der Waals surface area contributed by atoms with Crippen molar-refractivity contribution in [1.29, 1.82) is 0 Å². The van der Waals surface area contributed by atoms with Crippen LogP contribution in [0.4, 0.5) is 4.79 Å². The van der Waals surface area contributed by atoms with Crippen LogP contribution in [0.25, 0.3) is 0 Å². The van der Waals surface area contributed by atoms with Gasteiger partial charge >= 0.3 is 6.03 Å². The highest BCUT2D eigenvalue weighted by molar-refractivity contribution is 6.42. The predicted octanol–water partition coefficient (Wildman–Crippen LogP) is 2.10. The van der Waals surface area contributed by atoms with E-state index in [2.05, 4.69) is 16.0 Å². The van der Waals surface area contributed by atoms with Crippen LogP contribution in [0.5, 0.6) is 0 Å².